The van der Waals surface area contributed by atoms with Gasteiger partial charge in [0, 0.05) is 0 Å². The molecule has 12 heavy (non-hydrogen) atoms. The molecule has 1 aromatic carbocycles. The lowest BCUT2D eigenvalue weighted by Crippen LogP contribution is -1.73. The van der Waals surface area contributed by atoms with E-state index in [1.165, 1.54) is 11.7 Å². The molecule has 0 atom stereocenters. The van der Waals surface area contributed by atoms with E-state index in [1.807, 2.05) is 12.1 Å². The highest BCUT2D eigenvalue weighted by Gasteiger charge is 2.06. The largest absolute Gasteiger partial charge is 0.197 e. The summed E-state index contributed by atoms with van der Waals surface area (Å²) in [4.78, 5) is 0. The third kappa shape index (κ3) is 0.620. The zero-order chi connectivity index (χ0) is 7.97. The Labute approximate surface area is 70.7 Å². The highest BCUT2D eigenvalue weighted by Crippen LogP contribution is 2.19. The van der Waals surface area contributed by atoms with Crippen LogP contribution in [0.25, 0.3) is 22.1 Å². The Morgan fingerprint density at radius 3 is 2.92 bits per heavy atom. The Kier molecular flexibility index (Phi) is 0.991. The van der Waals surface area contributed by atoms with Crippen LogP contribution >= 0.6 is 11.7 Å². The van der Waals surface area contributed by atoms with Gasteiger partial charge in [-0.2, -0.15) is 24.2 Å². The minimum atomic E-state index is 0.793. The van der Waals surface area contributed by atoms with Crippen LogP contribution in [-0.4, -0.2) is 24.2 Å². The summed E-state index contributed by atoms with van der Waals surface area (Å²) >= 11 is 1.19. The lowest BCUT2D eigenvalue weighted by Gasteiger charge is -1.84. The Bertz CT molecular complexity index is 489. The van der Waals surface area contributed by atoms with Crippen molar-refractivity contribution in [2.75, 3.05) is 0 Å². The van der Waals surface area contributed by atoms with Crippen molar-refractivity contribution in [2.24, 2.45) is 0 Å². The molecule has 0 saturated carbocycles. The van der Waals surface area contributed by atoms with E-state index in [1.54, 1.807) is 0 Å². The van der Waals surface area contributed by atoms with Gasteiger partial charge >= 0.3 is 0 Å². The number of rotatable bonds is 0. The summed E-state index contributed by atoms with van der Waals surface area (Å²) in [5.41, 5.74) is 3.32. The molecule has 3 rings (SSSR count). The molecule has 0 saturated heterocycles. The van der Waals surface area contributed by atoms with E-state index in [9.17, 15) is 0 Å². The molecule has 0 fully saturated rings. The smallest absolute Gasteiger partial charge is 0.141 e. The highest BCUT2D eigenvalue weighted by atomic mass is 32.1. The van der Waals surface area contributed by atoms with Crippen molar-refractivity contribution in [2.45, 2.75) is 0 Å². The summed E-state index contributed by atoms with van der Waals surface area (Å²) in [6, 6.07) is 3.77. The Morgan fingerprint density at radius 2 is 1.92 bits per heavy atom. The summed E-state index contributed by atoms with van der Waals surface area (Å²) in [6.07, 6.45) is 0. The molecule has 0 aliphatic rings. The van der Waals surface area contributed by atoms with Gasteiger partial charge < -0.3 is 0 Å². The zero-order valence-electron chi connectivity index (χ0n) is 5.85. The van der Waals surface area contributed by atoms with Gasteiger partial charge in [0.05, 0.1) is 11.7 Å². The zero-order valence-corrected chi connectivity index (χ0v) is 6.67. The first-order valence-corrected chi connectivity index (χ1v) is 4.10. The number of hydrogen-bond acceptors (Lipinski definition) is 5. The monoisotopic (exact) mass is 177 g/mol. The number of nitrogens with zero attached hydrogens (tertiary/aromatic N) is 4. The van der Waals surface area contributed by atoms with Crippen LogP contribution < -0.4 is 0 Å². The number of fused-ring (bicyclic) bond motifs is 3. The molecule has 5 nitrogen and oxygen atoms in total. The van der Waals surface area contributed by atoms with Crippen LogP contribution in [0.15, 0.2) is 12.1 Å². The van der Waals surface area contributed by atoms with Crippen LogP contribution in [0.5, 0.6) is 0 Å². The van der Waals surface area contributed by atoms with Crippen molar-refractivity contribution in [3.63, 3.8) is 0 Å². The van der Waals surface area contributed by atoms with Crippen molar-refractivity contribution < 1.29 is 0 Å². The van der Waals surface area contributed by atoms with Gasteiger partial charge in [-0.15, -0.1) is 0 Å². The van der Waals surface area contributed by atoms with E-state index in [2.05, 4.69) is 24.2 Å². The number of H-pyrrole nitrogens is 1. The summed E-state index contributed by atoms with van der Waals surface area (Å²) < 4.78 is 8.22. The molecule has 2 aromatic heterocycles. The molecule has 58 valence electrons. The quantitative estimate of drug-likeness (QED) is 0.555. The first-order valence-electron chi connectivity index (χ1n) is 3.37. The number of benzene rings is 1. The lowest BCUT2D eigenvalue weighted by atomic mass is 10.3. The maximum Gasteiger partial charge on any atom is 0.141 e. The SMILES string of the molecule is c1cc2nsnc2c2n[nH]nc12. The summed E-state index contributed by atoms with van der Waals surface area (Å²) in [7, 11) is 0. The van der Waals surface area contributed by atoms with Gasteiger partial charge in [0.2, 0.25) is 0 Å². The fourth-order valence-corrected chi connectivity index (χ4v) is 1.69. The van der Waals surface area contributed by atoms with E-state index in [-0.39, 0.29) is 0 Å². The fourth-order valence-electron chi connectivity index (χ4n) is 1.16. The van der Waals surface area contributed by atoms with Gasteiger partial charge in [-0.3, -0.25) is 0 Å². The van der Waals surface area contributed by atoms with E-state index in [4.69, 9.17) is 0 Å². The summed E-state index contributed by atoms with van der Waals surface area (Å²) in [5, 5.41) is 10.5. The number of nitrogens with one attached hydrogen (secondary N) is 1. The van der Waals surface area contributed by atoms with Gasteiger partial charge in [-0.1, -0.05) is 0 Å². The van der Waals surface area contributed by atoms with Crippen LogP contribution in [0.2, 0.25) is 0 Å². The second kappa shape index (κ2) is 1.98. The molecule has 0 aliphatic carbocycles. The van der Waals surface area contributed by atoms with Crippen molar-refractivity contribution >= 4 is 33.8 Å². The lowest BCUT2D eigenvalue weighted by molar-refractivity contribution is 0.960. The van der Waals surface area contributed by atoms with Crippen molar-refractivity contribution in [3.05, 3.63) is 12.1 Å². The van der Waals surface area contributed by atoms with Crippen LogP contribution in [0, 0.1) is 0 Å². The first kappa shape index (κ1) is 6.01. The molecule has 0 spiro atoms. The average molecular weight is 177 g/mol. The predicted octanol–water partition coefficient (Wildman–Crippen LogP) is 0.963. The van der Waals surface area contributed by atoms with Crippen molar-refractivity contribution in [1.29, 1.82) is 0 Å². The third-order valence-corrected chi connectivity index (χ3v) is 2.25. The Balaban J connectivity index is 2.71. The normalized spacial score (nSPS) is 11.3. The van der Waals surface area contributed by atoms with Crippen LogP contribution in [0.1, 0.15) is 0 Å². The van der Waals surface area contributed by atoms with Crippen molar-refractivity contribution in [3.8, 4) is 0 Å². The Morgan fingerprint density at radius 1 is 1.00 bits per heavy atom. The number of aromatic nitrogens is 5. The van der Waals surface area contributed by atoms with Gasteiger partial charge in [0.25, 0.3) is 0 Å². The van der Waals surface area contributed by atoms with E-state index >= 15 is 0 Å². The predicted molar refractivity (Wildman–Crippen MR) is 44.9 cm³/mol. The molecule has 2 heterocycles. The molecule has 1 N–H and O–H groups in total. The number of hydrogen-bond donors (Lipinski definition) is 1. The van der Waals surface area contributed by atoms with E-state index in [0.29, 0.717) is 0 Å². The summed E-state index contributed by atoms with van der Waals surface area (Å²) in [6.45, 7) is 0. The molecule has 6 heteroatoms. The third-order valence-electron chi connectivity index (χ3n) is 1.71. The highest BCUT2D eigenvalue weighted by molar-refractivity contribution is 7.00. The second-order valence-corrected chi connectivity index (χ2v) is 2.92. The van der Waals surface area contributed by atoms with Gasteiger partial charge in [-0.05, 0) is 12.1 Å². The van der Waals surface area contributed by atoms with E-state index < -0.39 is 0 Å². The van der Waals surface area contributed by atoms with Gasteiger partial charge in [0.15, 0.2) is 0 Å². The molecular formula is C6H3N5S. The van der Waals surface area contributed by atoms with Gasteiger partial charge in [-0.25, -0.2) is 0 Å². The maximum atomic E-state index is 4.13. The van der Waals surface area contributed by atoms with Crippen LogP contribution in [0.4, 0.5) is 0 Å². The molecule has 0 aliphatic heterocycles. The summed E-state index contributed by atoms with van der Waals surface area (Å²) in [5.74, 6) is 0. The standard InChI is InChI=1S/C6H3N5S/c1-2-4-6(10-12-9-4)5-3(1)7-11-8-5/h1-2H,(H,7,8,11). The average Bonchev–Trinajstić information content (AvgIpc) is 2.71. The molecule has 0 amide bonds. The molecule has 3 aromatic rings. The minimum absolute atomic E-state index is 0.793. The number of aromatic amines is 1. The second-order valence-electron chi connectivity index (χ2n) is 2.39. The van der Waals surface area contributed by atoms with E-state index in [0.717, 1.165) is 22.1 Å². The maximum absolute atomic E-state index is 4.13. The fraction of sp³-hybridized carbons (Fsp3) is 0. The molecular weight excluding hydrogens is 174 g/mol. The van der Waals surface area contributed by atoms with Crippen LogP contribution in [0.3, 0.4) is 0 Å². The topological polar surface area (TPSA) is 67.3 Å². The first-order chi connectivity index (χ1) is 5.95. The van der Waals surface area contributed by atoms with Crippen LogP contribution in [-0.2, 0) is 0 Å². The van der Waals surface area contributed by atoms with Gasteiger partial charge in [0.1, 0.15) is 22.1 Å². The molecule has 0 unspecified atom stereocenters. The molecule has 0 radical (unpaired) electrons. The minimum Gasteiger partial charge on any atom is -0.197 e. The molecule has 0 bridgehead atoms. The Hall–Kier alpha value is -1.56. The van der Waals surface area contributed by atoms with Crippen molar-refractivity contribution in [1.82, 2.24) is 24.2 Å².